The predicted octanol–water partition coefficient (Wildman–Crippen LogP) is 8.88. The van der Waals surface area contributed by atoms with Crippen molar-refractivity contribution in [1.82, 2.24) is 0 Å². The third-order valence-corrected chi connectivity index (χ3v) is 7.87. The Morgan fingerprint density at radius 1 is 0.933 bits per heavy atom. The summed E-state index contributed by atoms with van der Waals surface area (Å²) < 4.78 is 0. The fourth-order valence-corrected chi connectivity index (χ4v) is 5.92. The number of nitriles is 1. The Morgan fingerprint density at radius 3 is 2.27 bits per heavy atom. The van der Waals surface area contributed by atoms with Crippen molar-refractivity contribution < 1.29 is 0 Å². The molecule has 1 heteroatoms. The van der Waals surface area contributed by atoms with Gasteiger partial charge in [0, 0.05) is 0 Å². The molecule has 1 fully saturated rings. The predicted molar refractivity (Wildman–Crippen MR) is 129 cm³/mol. The summed E-state index contributed by atoms with van der Waals surface area (Å²) in [7, 11) is 0. The molecular weight excluding hydrogens is 362 g/mol. The van der Waals surface area contributed by atoms with Crippen LogP contribution in [0.15, 0.2) is 48.6 Å². The minimum Gasteiger partial charge on any atom is -0.198 e. The van der Waals surface area contributed by atoms with E-state index in [-0.39, 0.29) is 5.41 Å². The van der Waals surface area contributed by atoms with Gasteiger partial charge in [0.25, 0.3) is 0 Å². The zero-order chi connectivity index (χ0) is 21.3. The Hall–Kier alpha value is -1.81. The first-order valence-electron chi connectivity index (χ1n) is 12.5. The summed E-state index contributed by atoms with van der Waals surface area (Å²) in [6, 6.07) is 13.5. The molecule has 2 aliphatic carbocycles. The summed E-state index contributed by atoms with van der Waals surface area (Å²) in [5.74, 6) is 0.726. The van der Waals surface area contributed by atoms with Crippen molar-refractivity contribution in [3.05, 3.63) is 54.1 Å². The highest BCUT2D eigenvalue weighted by atomic mass is 14.5. The van der Waals surface area contributed by atoms with Crippen LogP contribution in [-0.2, 0) is 0 Å². The molecule has 0 radical (unpaired) electrons. The molecule has 0 spiro atoms. The van der Waals surface area contributed by atoms with E-state index in [2.05, 4.69) is 68.5 Å². The lowest BCUT2D eigenvalue weighted by Gasteiger charge is -2.45. The van der Waals surface area contributed by atoms with Crippen LogP contribution in [0.25, 0.3) is 5.57 Å². The third-order valence-electron chi connectivity index (χ3n) is 7.87. The molecule has 0 aromatic heterocycles. The molecule has 0 aliphatic heterocycles. The van der Waals surface area contributed by atoms with E-state index >= 15 is 0 Å². The molecule has 162 valence electrons. The Morgan fingerprint density at radius 2 is 1.67 bits per heavy atom. The summed E-state index contributed by atoms with van der Waals surface area (Å²) in [6.45, 7) is 4.59. The second kappa shape index (κ2) is 11.0. The quantitative estimate of drug-likeness (QED) is 0.358. The molecule has 1 unspecified atom stereocenters. The minimum atomic E-state index is -0.0421. The van der Waals surface area contributed by atoms with Crippen molar-refractivity contribution in [1.29, 1.82) is 5.26 Å². The van der Waals surface area contributed by atoms with Gasteiger partial charge in [-0.2, -0.15) is 5.26 Å². The fraction of sp³-hybridized carbons (Fsp3) is 0.621. The van der Waals surface area contributed by atoms with E-state index in [0.29, 0.717) is 5.41 Å². The van der Waals surface area contributed by atoms with E-state index in [1.54, 1.807) is 0 Å². The maximum Gasteiger partial charge on any atom is 0.0689 e. The van der Waals surface area contributed by atoms with Crippen molar-refractivity contribution in [2.24, 2.45) is 16.7 Å². The molecule has 1 aromatic carbocycles. The zero-order valence-electron chi connectivity index (χ0n) is 19.3. The van der Waals surface area contributed by atoms with Crippen LogP contribution in [0.5, 0.6) is 0 Å². The van der Waals surface area contributed by atoms with Crippen LogP contribution in [0, 0.1) is 28.1 Å². The number of rotatable bonds is 10. The number of unbranched alkanes of at least 4 members (excludes halogenated alkanes) is 4. The third kappa shape index (κ3) is 5.46. The van der Waals surface area contributed by atoms with Gasteiger partial charge in [0.2, 0.25) is 0 Å². The van der Waals surface area contributed by atoms with E-state index in [1.807, 2.05) is 0 Å². The van der Waals surface area contributed by atoms with E-state index in [0.717, 1.165) is 31.6 Å². The number of hydrogen-bond donors (Lipinski definition) is 0. The minimum absolute atomic E-state index is 0.0421. The Bertz CT molecular complexity index is 742. The van der Waals surface area contributed by atoms with Crippen LogP contribution in [0.4, 0.5) is 0 Å². The highest BCUT2D eigenvalue weighted by Gasteiger charge is 2.43. The highest BCUT2D eigenvalue weighted by molar-refractivity contribution is 5.75. The van der Waals surface area contributed by atoms with Gasteiger partial charge in [-0.05, 0) is 67.4 Å². The first-order chi connectivity index (χ1) is 14.7. The normalized spacial score (nSPS) is 28.7. The van der Waals surface area contributed by atoms with Gasteiger partial charge in [0.05, 0.1) is 11.5 Å². The molecule has 0 N–H and O–H groups in total. The molecule has 1 aromatic rings. The van der Waals surface area contributed by atoms with E-state index in [1.165, 1.54) is 68.9 Å². The lowest BCUT2D eigenvalue weighted by Crippen LogP contribution is -2.36. The van der Waals surface area contributed by atoms with Gasteiger partial charge in [-0.25, -0.2) is 0 Å². The maximum absolute atomic E-state index is 10.00. The first-order valence-corrected chi connectivity index (χ1v) is 12.5. The Kier molecular flexibility index (Phi) is 8.38. The summed E-state index contributed by atoms with van der Waals surface area (Å²) in [5.41, 5.74) is 2.96. The zero-order valence-corrected chi connectivity index (χ0v) is 19.3. The van der Waals surface area contributed by atoms with Crippen molar-refractivity contribution in [2.75, 3.05) is 0 Å². The van der Waals surface area contributed by atoms with Gasteiger partial charge in [0.15, 0.2) is 0 Å². The van der Waals surface area contributed by atoms with Crippen LogP contribution in [0.1, 0.15) is 103 Å². The number of allylic oxidation sites excluding steroid dienone is 4. The Labute approximate surface area is 185 Å². The molecule has 0 amide bonds. The van der Waals surface area contributed by atoms with Crippen LogP contribution < -0.4 is 0 Å². The molecule has 0 bridgehead atoms. The van der Waals surface area contributed by atoms with Crippen molar-refractivity contribution >= 4 is 5.57 Å². The smallest absolute Gasteiger partial charge is 0.0689 e. The maximum atomic E-state index is 10.00. The van der Waals surface area contributed by atoms with Crippen molar-refractivity contribution in [3.63, 3.8) is 0 Å². The molecule has 2 aliphatic rings. The molecule has 1 nitrogen and oxygen atoms in total. The fourth-order valence-electron chi connectivity index (χ4n) is 5.92. The number of nitrogens with zero attached hydrogens (tertiary/aromatic N) is 1. The molecule has 0 saturated heterocycles. The topological polar surface area (TPSA) is 23.8 Å². The second-order valence-corrected chi connectivity index (χ2v) is 9.88. The van der Waals surface area contributed by atoms with Gasteiger partial charge in [-0.15, -0.1) is 0 Å². The summed E-state index contributed by atoms with van der Waals surface area (Å²) in [6.07, 6.45) is 23.4. The van der Waals surface area contributed by atoms with Gasteiger partial charge >= 0.3 is 0 Å². The number of benzene rings is 1. The van der Waals surface area contributed by atoms with Crippen LogP contribution >= 0.6 is 0 Å². The van der Waals surface area contributed by atoms with Crippen molar-refractivity contribution in [3.8, 4) is 6.07 Å². The summed E-state index contributed by atoms with van der Waals surface area (Å²) >= 11 is 0. The van der Waals surface area contributed by atoms with Gasteiger partial charge in [-0.3, -0.25) is 0 Å². The molecule has 30 heavy (non-hydrogen) atoms. The lowest BCUT2D eigenvalue weighted by atomic mass is 9.58. The summed E-state index contributed by atoms with van der Waals surface area (Å²) in [4.78, 5) is 0. The Balaban J connectivity index is 1.61. The van der Waals surface area contributed by atoms with Crippen LogP contribution in [-0.4, -0.2) is 0 Å². The molecule has 3 rings (SSSR count). The van der Waals surface area contributed by atoms with Crippen LogP contribution in [0.2, 0.25) is 0 Å². The van der Waals surface area contributed by atoms with E-state index in [4.69, 9.17) is 0 Å². The van der Waals surface area contributed by atoms with Gasteiger partial charge in [0.1, 0.15) is 0 Å². The lowest BCUT2D eigenvalue weighted by molar-refractivity contribution is 0.102. The molecule has 1 atom stereocenters. The summed E-state index contributed by atoms with van der Waals surface area (Å²) in [5, 5.41) is 10.00. The largest absolute Gasteiger partial charge is 0.198 e. The van der Waals surface area contributed by atoms with Crippen LogP contribution in [0.3, 0.4) is 0 Å². The molecular formula is C29H41N. The average Bonchev–Trinajstić information content (AvgIpc) is 2.80. The standard InChI is InChI=1S/C29H41N/c1-3-5-6-7-11-19-28(24-30)20-16-27(17-21-28)29(18-4-2)22-14-26(15-23-29)25-12-9-8-10-13-25/h8-10,12-15,22,27H,3-7,11,16-21,23H2,1-2H3. The highest BCUT2D eigenvalue weighted by Crippen LogP contribution is 2.53. The number of hydrogen-bond acceptors (Lipinski definition) is 1. The van der Waals surface area contributed by atoms with Gasteiger partial charge in [-0.1, -0.05) is 101 Å². The van der Waals surface area contributed by atoms with E-state index < -0.39 is 0 Å². The SMILES string of the molecule is CCCCCCCC1(C#N)CCC(C2(CCC)C=CC(c3ccccc3)=CC2)CC1. The molecule has 1 saturated carbocycles. The van der Waals surface area contributed by atoms with Crippen molar-refractivity contribution in [2.45, 2.75) is 97.3 Å². The van der Waals surface area contributed by atoms with E-state index in [9.17, 15) is 5.26 Å². The monoisotopic (exact) mass is 403 g/mol. The average molecular weight is 404 g/mol. The first kappa shape index (κ1) is 22.9. The molecule has 0 heterocycles. The second-order valence-electron chi connectivity index (χ2n) is 9.88. The van der Waals surface area contributed by atoms with Gasteiger partial charge < -0.3 is 0 Å².